The molecular formula is C20H24O3. The maximum Gasteiger partial charge on any atom is 0.0701 e. The number of benzene rings is 2. The highest BCUT2D eigenvalue weighted by molar-refractivity contribution is 5.77. The van der Waals surface area contributed by atoms with Crippen molar-refractivity contribution in [2.45, 2.75) is 12.8 Å². The van der Waals surface area contributed by atoms with Gasteiger partial charge in [-0.1, -0.05) is 42.5 Å². The van der Waals surface area contributed by atoms with Crippen LogP contribution in [0.3, 0.4) is 0 Å². The van der Waals surface area contributed by atoms with Crippen molar-refractivity contribution in [3.05, 3.63) is 59.2 Å². The Morgan fingerprint density at radius 1 is 0.783 bits per heavy atom. The maximum atomic E-state index is 5.69. The predicted octanol–water partition coefficient (Wildman–Crippen LogP) is 3.48. The zero-order chi connectivity index (χ0) is 15.9. The van der Waals surface area contributed by atoms with Gasteiger partial charge in [0.25, 0.3) is 0 Å². The number of hydrogen-bond donors (Lipinski definition) is 0. The summed E-state index contributed by atoms with van der Waals surface area (Å²) in [4.78, 5) is 0. The van der Waals surface area contributed by atoms with Crippen LogP contribution in [0.4, 0.5) is 0 Å². The molecule has 122 valence electrons. The highest BCUT2D eigenvalue weighted by atomic mass is 16.5. The Balaban J connectivity index is 1.49. The lowest BCUT2D eigenvalue weighted by Gasteiger charge is -2.09. The number of ether oxygens (including phenoxy) is 3. The number of fused-ring (bicyclic) bond motifs is 3. The van der Waals surface area contributed by atoms with Crippen LogP contribution in [-0.4, -0.2) is 40.1 Å². The molecule has 0 aliphatic heterocycles. The molecule has 0 heterocycles. The van der Waals surface area contributed by atoms with Gasteiger partial charge in [0.2, 0.25) is 0 Å². The third-order valence-electron chi connectivity index (χ3n) is 4.27. The Labute approximate surface area is 138 Å². The van der Waals surface area contributed by atoms with Gasteiger partial charge in [-0.3, -0.25) is 0 Å². The molecule has 3 heteroatoms. The molecule has 3 rings (SSSR count). The molecule has 23 heavy (non-hydrogen) atoms. The third kappa shape index (κ3) is 3.99. The highest BCUT2D eigenvalue weighted by Crippen LogP contribution is 2.38. The lowest BCUT2D eigenvalue weighted by atomic mass is 9.99. The first-order valence-corrected chi connectivity index (χ1v) is 8.23. The molecule has 0 spiro atoms. The van der Waals surface area contributed by atoms with Gasteiger partial charge < -0.3 is 14.2 Å². The summed E-state index contributed by atoms with van der Waals surface area (Å²) < 4.78 is 16.0. The summed E-state index contributed by atoms with van der Waals surface area (Å²) in [7, 11) is 1.68. The van der Waals surface area contributed by atoms with Gasteiger partial charge >= 0.3 is 0 Å². The van der Waals surface area contributed by atoms with Crippen LogP contribution in [0.2, 0.25) is 0 Å². The lowest BCUT2D eigenvalue weighted by Crippen LogP contribution is -2.10. The highest BCUT2D eigenvalue weighted by Gasteiger charge is 2.19. The summed E-state index contributed by atoms with van der Waals surface area (Å²) in [6, 6.07) is 15.3. The van der Waals surface area contributed by atoms with Crippen LogP contribution in [0.25, 0.3) is 11.1 Å². The van der Waals surface area contributed by atoms with E-state index in [1.165, 1.54) is 27.8 Å². The van der Waals surface area contributed by atoms with Crippen LogP contribution in [0.15, 0.2) is 42.5 Å². The van der Waals surface area contributed by atoms with Crippen LogP contribution in [0.5, 0.6) is 0 Å². The second kappa shape index (κ2) is 8.25. The Hall–Kier alpha value is -1.68. The second-order valence-electron chi connectivity index (χ2n) is 5.74. The minimum atomic E-state index is 0.627. The third-order valence-corrected chi connectivity index (χ3v) is 4.27. The van der Waals surface area contributed by atoms with Crippen molar-refractivity contribution in [1.29, 1.82) is 0 Å². The van der Waals surface area contributed by atoms with Crippen molar-refractivity contribution < 1.29 is 14.2 Å². The molecular weight excluding hydrogens is 288 g/mol. The Morgan fingerprint density at radius 3 is 2.39 bits per heavy atom. The van der Waals surface area contributed by atoms with E-state index in [1.54, 1.807) is 7.11 Å². The van der Waals surface area contributed by atoms with Crippen molar-refractivity contribution in [2.75, 3.05) is 40.1 Å². The normalized spacial score (nSPS) is 12.2. The summed E-state index contributed by atoms with van der Waals surface area (Å²) in [5.41, 5.74) is 7.08. The zero-order valence-corrected chi connectivity index (χ0v) is 13.7. The fraction of sp³-hybridized carbons (Fsp3) is 0.400. The minimum absolute atomic E-state index is 0.627. The van der Waals surface area contributed by atoms with E-state index in [4.69, 9.17) is 14.2 Å². The van der Waals surface area contributed by atoms with Crippen LogP contribution in [0.1, 0.15) is 16.7 Å². The monoisotopic (exact) mass is 312 g/mol. The average molecular weight is 312 g/mol. The van der Waals surface area contributed by atoms with E-state index < -0.39 is 0 Å². The van der Waals surface area contributed by atoms with Gasteiger partial charge in [-0.15, -0.1) is 0 Å². The quantitative estimate of drug-likeness (QED) is 0.566. The van der Waals surface area contributed by atoms with E-state index in [0.717, 1.165) is 19.4 Å². The molecule has 0 radical (unpaired) electrons. The SMILES string of the molecule is COCCOCCOCCc1cccc2c1Cc1ccccc1-2. The predicted molar refractivity (Wildman–Crippen MR) is 91.9 cm³/mol. The number of rotatable bonds is 9. The molecule has 1 aliphatic carbocycles. The van der Waals surface area contributed by atoms with E-state index in [9.17, 15) is 0 Å². The van der Waals surface area contributed by atoms with Crippen molar-refractivity contribution in [2.24, 2.45) is 0 Å². The summed E-state index contributed by atoms with van der Waals surface area (Å²) >= 11 is 0. The van der Waals surface area contributed by atoms with E-state index in [2.05, 4.69) is 42.5 Å². The van der Waals surface area contributed by atoms with Gasteiger partial charge in [0.15, 0.2) is 0 Å². The first-order chi connectivity index (χ1) is 11.4. The van der Waals surface area contributed by atoms with E-state index >= 15 is 0 Å². The number of methoxy groups -OCH3 is 1. The standard InChI is InChI=1S/C20H24O3/c1-21-11-12-23-14-13-22-10-9-16-6-4-8-19-18-7-3-2-5-17(18)15-20(16)19/h2-8H,9-15H2,1H3. The van der Waals surface area contributed by atoms with Gasteiger partial charge in [0.1, 0.15) is 0 Å². The number of hydrogen-bond acceptors (Lipinski definition) is 3. The molecule has 2 aromatic rings. The molecule has 0 saturated heterocycles. The van der Waals surface area contributed by atoms with Gasteiger partial charge in [-0.2, -0.15) is 0 Å². The average Bonchev–Trinajstić information content (AvgIpc) is 2.97. The van der Waals surface area contributed by atoms with Crippen molar-refractivity contribution >= 4 is 0 Å². The lowest BCUT2D eigenvalue weighted by molar-refractivity contribution is 0.0255. The Morgan fingerprint density at radius 2 is 1.52 bits per heavy atom. The molecule has 1 aliphatic rings. The maximum absolute atomic E-state index is 5.69. The van der Waals surface area contributed by atoms with Crippen LogP contribution in [-0.2, 0) is 27.1 Å². The van der Waals surface area contributed by atoms with Crippen molar-refractivity contribution in [3.8, 4) is 11.1 Å². The van der Waals surface area contributed by atoms with E-state index in [0.29, 0.717) is 26.4 Å². The smallest absolute Gasteiger partial charge is 0.0701 e. The van der Waals surface area contributed by atoms with Crippen LogP contribution in [0, 0.1) is 0 Å². The van der Waals surface area contributed by atoms with E-state index in [-0.39, 0.29) is 0 Å². The summed E-state index contributed by atoms with van der Waals surface area (Å²) in [5.74, 6) is 0. The topological polar surface area (TPSA) is 27.7 Å². The molecule has 0 fully saturated rings. The minimum Gasteiger partial charge on any atom is -0.382 e. The van der Waals surface area contributed by atoms with E-state index in [1.807, 2.05) is 0 Å². The largest absolute Gasteiger partial charge is 0.382 e. The molecule has 0 amide bonds. The van der Waals surface area contributed by atoms with Gasteiger partial charge in [-0.05, 0) is 40.7 Å². The first-order valence-electron chi connectivity index (χ1n) is 8.23. The molecule has 0 saturated carbocycles. The van der Waals surface area contributed by atoms with Gasteiger partial charge in [0.05, 0.1) is 33.0 Å². The first kappa shape index (κ1) is 16.2. The van der Waals surface area contributed by atoms with Crippen LogP contribution >= 0.6 is 0 Å². The zero-order valence-electron chi connectivity index (χ0n) is 13.7. The molecule has 0 bridgehead atoms. The summed E-state index contributed by atoms with van der Waals surface area (Å²) in [6.45, 7) is 3.27. The molecule has 2 aromatic carbocycles. The molecule has 0 aromatic heterocycles. The Bertz CT molecular complexity index is 637. The van der Waals surface area contributed by atoms with Gasteiger partial charge in [-0.25, -0.2) is 0 Å². The Kier molecular flexibility index (Phi) is 5.81. The van der Waals surface area contributed by atoms with Crippen molar-refractivity contribution in [3.63, 3.8) is 0 Å². The fourth-order valence-corrected chi connectivity index (χ4v) is 3.10. The van der Waals surface area contributed by atoms with Gasteiger partial charge in [0, 0.05) is 7.11 Å². The fourth-order valence-electron chi connectivity index (χ4n) is 3.10. The second-order valence-corrected chi connectivity index (χ2v) is 5.74. The summed E-state index contributed by atoms with van der Waals surface area (Å²) in [6.07, 6.45) is 2.00. The molecule has 0 unspecified atom stereocenters. The molecule has 0 atom stereocenters. The molecule has 0 N–H and O–H groups in total. The molecule has 3 nitrogen and oxygen atoms in total. The summed E-state index contributed by atoms with van der Waals surface area (Å²) in [5, 5.41) is 0. The van der Waals surface area contributed by atoms with Crippen LogP contribution < -0.4 is 0 Å². The van der Waals surface area contributed by atoms with Crippen molar-refractivity contribution in [1.82, 2.24) is 0 Å².